The lowest BCUT2D eigenvalue weighted by molar-refractivity contribution is 0.0941. The minimum absolute atomic E-state index is 0.0475. The van der Waals surface area contributed by atoms with Gasteiger partial charge in [0.15, 0.2) is 11.5 Å². The smallest absolute Gasteiger partial charge is 0.256 e. The Kier molecular flexibility index (Phi) is 3.72. The molecule has 1 atom stereocenters. The van der Waals surface area contributed by atoms with Gasteiger partial charge in [0.1, 0.15) is 6.04 Å². The molecular formula is C11H12N2O3. The van der Waals surface area contributed by atoms with E-state index >= 15 is 0 Å². The molecule has 16 heavy (non-hydrogen) atoms. The molecule has 1 aromatic carbocycles. The highest BCUT2D eigenvalue weighted by Gasteiger charge is 2.16. The van der Waals surface area contributed by atoms with Crippen LogP contribution in [0.15, 0.2) is 18.2 Å². The number of amides is 1. The molecule has 0 fully saturated rings. The molecule has 1 rings (SSSR count). The molecular weight excluding hydrogens is 208 g/mol. The van der Waals surface area contributed by atoms with Gasteiger partial charge in [0.25, 0.3) is 5.91 Å². The Hall–Kier alpha value is -2.22. The Bertz CT molecular complexity index is 437. The van der Waals surface area contributed by atoms with E-state index in [1.807, 2.05) is 6.07 Å². The number of nitriles is 1. The van der Waals surface area contributed by atoms with Crippen LogP contribution in [0.1, 0.15) is 23.7 Å². The molecule has 0 radical (unpaired) electrons. The lowest BCUT2D eigenvalue weighted by Gasteiger charge is -2.10. The van der Waals surface area contributed by atoms with Crippen molar-refractivity contribution in [2.24, 2.45) is 0 Å². The standard InChI is InChI=1S/C11H12N2O3/c1-2-7(6-12)13-11(16)8-4-3-5-9(14)10(8)15/h3-5,7,14-15H,2H2,1H3,(H,13,16). The van der Waals surface area contributed by atoms with Crippen molar-refractivity contribution in [2.45, 2.75) is 19.4 Å². The average Bonchev–Trinajstić information content (AvgIpc) is 2.29. The second-order valence-electron chi connectivity index (χ2n) is 3.24. The van der Waals surface area contributed by atoms with Crippen LogP contribution in [-0.2, 0) is 0 Å². The minimum atomic E-state index is -0.603. The van der Waals surface area contributed by atoms with E-state index in [4.69, 9.17) is 5.26 Å². The number of phenolic OH excluding ortho intramolecular Hbond substituents is 2. The fraction of sp³-hybridized carbons (Fsp3) is 0.273. The highest BCUT2D eigenvalue weighted by atomic mass is 16.3. The van der Waals surface area contributed by atoms with E-state index in [-0.39, 0.29) is 11.3 Å². The molecule has 0 bridgehead atoms. The van der Waals surface area contributed by atoms with Crippen molar-refractivity contribution in [1.29, 1.82) is 5.26 Å². The molecule has 0 spiro atoms. The lowest BCUT2D eigenvalue weighted by atomic mass is 10.1. The molecule has 0 aliphatic heterocycles. The molecule has 5 nitrogen and oxygen atoms in total. The van der Waals surface area contributed by atoms with Gasteiger partial charge in [-0.05, 0) is 18.6 Å². The van der Waals surface area contributed by atoms with Gasteiger partial charge in [0.2, 0.25) is 0 Å². The van der Waals surface area contributed by atoms with Crippen molar-refractivity contribution >= 4 is 5.91 Å². The normalized spacial score (nSPS) is 11.5. The number of benzene rings is 1. The quantitative estimate of drug-likeness (QED) is 0.665. The van der Waals surface area contributed by atoms with Gasteiger partial charge in [-0.2, -0.15) is 5.26 Å². The van der Waals surface area contributed by atoms with Gasteiger partial charge >= 0.3 is 0 Å². The molecule has 84 valence electrons. The summed E-state index contributed by atoms with van der Waals surface area (Å²) in [4.78, 5) is 11.6. The first-order valence-corrected chi connectivity index (χ1v) is 4.81. The highest BCUT2D eigenvalue weighted by molar-refractivity contribution is 5.97. The van der Waals surface area contributed by atoms with Crippen LogP contribution in [0.4, 0.5) is 0 Å². The van der Waals surface area contributed by atoms with Gasteiger partial charge in [0.05, 0.1) is 11.6 Å². The van der Waals surface area contributed by atoms with Crippen LogP contribution in [0, 0.1) is 11.3 Å². The first-order valence-electron chi connectivity index (χ1n) is 4.81. The minimum Gasteiger partial charge on any atom is -0.504 e. The second-order valence-corrected chi connectivity index (χ2v) is 3.24. The van der Waals surface area contributed by atoms with Crippen molar-refractivity contribution < 1.29 is 15.0 Å². The summed E-state index contributed by atoms with van der Waals surface area (Å²) in [6.45, 7) is 1.76. The van der Waals surface area contributed by atoms with Crippen LogP contribution in [0.5, 0.6) is 11.5 Å². The fourth-order valence-electron chi connectivity index (χ4n) is 1.18. The van der Waals surface area contributed by atoms with E-state index in [0.29, 0.717) is 6.42 Å². The Labute approximate surface area is 92.9 Å². The fourth-order valence-corrected chi connectivity index (χ4v) is 1.18. The van der Waals surface area contributed by atoms with Gasteiger partial charge in [-0.15, -0.1) is 0 Å². The number of hydrogen-bond acceptors (Lipinski definition) is 4. The maximum Gasteiger partial charge on any atom is 0.256 e. The zero-order valence-electron chi connectivity index (χ0n) is 8.77. The largest absolute Gasteiger partial charge is 0.504 e. The summed E-state index contributed by atoms with van der Waals surface area (Å²) in [7, 11) is 0. The number of hydrogen-bond donors (Lipinski definition) is 3. The summed E-state index contributed by atoms with van der Waals surface area (Å²) in [6.07, 6.45) is 0.474. The lowest BCUT2D eigenvalue weighted by Crippen LogP contribution is -2.33. The number of aromatic hydroxyl groups is 2. The molecule has 0 aliphatic rings. The van der Waals surface area contributed by atoms with Crippen molar-refractivity contribution in [1.82, 2.24) is 5.32 Å². The molecule has 5 heteroatoms. The Balaban J connectivity index is 2.90. The van der Waals surface area contributed by atoms with Crippen LogP contribution in [0.25, 0.3) is 0 Å². The molecule has 0 aromatic heterocycles. The van der Waals surface area contributed by atoms with Crippen molar-refractivity contribution in [3.05, 3.63) is 23.8 Å². The molecule has 3 N–H and O–H groups in total. The maximum atomic E-state index is 11.6. The van der Waals surface area contributed by atoms with Gasteiger partial charge in [-0.3, -0.25) is 4.79 Å². The van der Waals surface area contributed by atoms with Crippen LogP contribution in [-0.4, -0.2) is 22.2 Å². The zero-order chi connectivity index (χ0) is 12.1. The second kappa shape index (κ2) is 5.03. The first-order chi connectivity index (χ1) is 7.60. The Morgan fingerprint density at radius 2 is 2.25 bits per heavy atom. The number of carbonyl (C=O) groups excluding carboxylic acids is 1. The predicted octanol–water partition coefficient (Wildman–Crippen LogP) is 1.13. The number of rotatable bonds is 3. The Morgan fingerprint density at radius 3 is 2.81 bits per heavy atom. The summed E-state index contributed by atoms with van der Waals surface area (Å²) in [6, 6.07) is 5.39. The molecule has 1 unspecified atom stereocenters. The third-order valence-corrected chi connectivity index (χ3v) is 2.13. The molecule has 0 aliphatic carbocycles. The SMILES string of the molecule is CCC(C#N)NC(=O)c1cccc(O)c1O. The summed E-state index contributed by atoms with van der Waals surface area (Å²) in [5, 5.41) is 29.7. The van der Waals surface area contributed by atoms with E-state index in [0.717, 1.165) is 0 Å². The molecule has 1 amide bonds. The van der Waals surface area contributed by atoms with Gasteiger partial charge in [-0.25, -0.2) is 0 Å². The molecule has 0 saturated heterocycles. The zero-order valence-corrected chi connectivity index (χ0v) is 8.77. The van der Waals surface area contributed by atoms with Crippen LogP contribution in [0.2, 0.25) is 0 Å². The number of carbonyl (C=O) groups is 1. The van der Waals surface area contributed by atoms with E-state index in [2.05, 4.69) is 5.32 Å². The number of phenols is 2. The number of para-hydroxylation sites is 1. The predicted molar refractivity (Wildman–Crippen MR) is 56.9 cm³/mol. The van der Waals surface area contributed by atoms with Crippen molar-refractivity contribution in [3.8, 4) is 17.6 Å². The third kappa shape index (κ3) is 2.42. The van der Waals surface area contributed by atoms with E-state index in [1.54, 1.807) is 6.92 Å². The van der Waals surface area contributed by atoms with Gasteiger partial charge in [-0.1, -0.05) is 13.0 Å². The summed E-state index contributed by atoms with van der Waals surface area (Å²) >= 11 is 0. The van der Waals surface area contributed by atoms with Crippen LogP contribution < -0.4 is 5.32 Å². The van der Waals surface area contributed by atoms with Crippen LogP contribution in [0.3, 0.4) is 0 Å². The molecule has 0 heterocycles. The van der Waals surface area contributed by atoms with E-state index in [1.165, 1.54) is 18.2 Å². The average molecular weight is 220 g/mol. The third-order valence-electron chi connectivity index (χ3n) is 2.13. The number of nitrogens with zero attached hydrogens (tertiary/aromatic N) is 1. The van der Waals surface area contributed by atoms with Gasteiger partial charge < -0.3 is 15.5 Å². The van der Waals surface area contributed by atoms with Crippen LogP contribution >= 0.6 is 0 Å². The monoisotopic (exact) mass is 220 g/mol. The van der Waals surface area contributed by atoms with E-state index < -0.39 is 17.7 Å². The topological polar surface area (TPSA) is 93.4 Å². The first kappa shape index (κ1) is 11.9. The summed E-state index contributed by atoms with van der Waals surface area (Å²) in [5.41, 5.74) is -0.0475. The maximum absolute atomic E-state index is 11.6. The van der Waals surface area contributed by atoms with E-state index in [9.17, 15) is 15.0 Å². The molecule has 0 saturated carbocycles. The Morgan fingerprint density at radius 1 is 1.56 bits per heavy atom. The van der Waals surface area contributed by atoms with Crippen molar-refractivity contribution in [3.63, 3.8) is 0 Å². The summed E-state index contributed by atoms with van der Waals surface area (Å²) < 4.78 is 0. The number of nitrogens with one attached hydrogen (secondary N) is 1. The molecule has 1 aromatic rings. The van der Waals surface area contributed by atoms with Crippen molar-refractivity contribution in [2.75, 3.05) is 0 Å². The van der Waals surface area contributed by atoms with Gasteiger partial charge in [0, 0.05) is 0 Å². The summed E-state index contributed by atoms with van der Waals surface area (Å²) in [5.74, 6) is -1.42. The highest BCUT2D eigenvalue weighted by Crippen LogP contribution is 2.27.